The molecule has 2 bridgehead atoms. The fourth-order valence-electron chi connectivity index (χ4n) is 6.58. The minimum Gasteiger partial charge on any atom is -0.491 e. The summed E-state index contributed by atoms with van der Waals surface area (Å²) in [5.74, 6) is 2.96. The Bertz CT molecular complexity index is 1050. The van der Waals surface area contributed by atoms with Gasteiger partial charge in [-0.15, -0.1) is 11.3 Å². The third-order valence-electron chi connectivity index (χ3n) is 8.91. The number of aliphatic hydroxyl groups excluding tert-OH is 1. The van der Waals surface area contributed by atoms with E-state index in [4.69, 9.17) is 4.74 Å². The largest absolute Gasteiger partial charge is 0.491 e. The number of nitrogens with zero attached hydrogens (tertiary/aromatic N) is 3. The van der Waals surface area contributed by atoms with Crippen molar-refractivity contribution in [3.8, 4) is 5.75 Å². The van der Waals surface area contributed by atoms with Crippen LogP contribution in [0.5, 0.6) is 5.75 Å². The quantitative estimate of drug-likeness (QED) is 0.580. The summed E-state index contributed by atoms with van der Waals surface area (Å²) in [5.41, 5.74) is 1.39. The number of rotatable bonds is 8. The number of amides is 1. The van der Waals surface area contributed by atoms with Gasteiger partial charge in [0.25, 0.3) is 0 Å². The summed E-state index contributed by atoms with van der Waals surface area (Å²) in [6.45, 7) is 13.8. The number of hydrogen-bond donors (Lipinski definition) is 2. The first-order chi connectivity index (χ1) is 16.7. The number of fused-ring (bicyclic) bond motifs is 3. The first-order valence-corrected chi connectivity index (χ1v) is 13.9. The number of ether oxygens (including phenoxy) is 1. The first-order valence-electron chi connectivity index (χ1n) is 13.1. The summed E-state index contributed by atoms with van der Waals surface area (Å²) >= 11 is 1.67. The molecule has 2 heterocycles. The number of aliphatic hydroxyl groups is 1. The van der Waals surface area contributed by atoms with Gasteiger partial charge in [-0.25, -0.2) is 4.98 Å². The zero-order valence-corrected chi connectivity index (χ0v) is 22.3. The van der Waals surface area contributed by atoms with E-state index in [0.29, 0.717) is 30.5 Å². The van der Waals surface area contributed by atoms with Gasteiger partial charge in [-0.05, 0) is 55.1 Å². The Hall–Kier alpha value is -1.74. The average molecular weight is 501 g/mol. The van der Waals surface area contributed by atoms with E-state index in [1.807, 2.05) is 25.1 Å². The van der Waals surface area contributed by atoms with Crippen LogP contribution in [0.3, 0.4) is 0 Å². The lowest BCUT2D eigenvalue weighted by Crippen LogP contribution is -2.61. The summed E-state index contributed by atoms with van der Waals surface area (Å²) in [5, 5.41) is 14.9. The monoisotopic (exact) mass is 500 g/mol. The van der Waals surface area contributed by atoms with E-state index < -0.39 is 6.10 Å². The molecule has 4 aliphatic rings. The highest BCUT2D eigenvalue weighted by molar-refractivity contribution is 7.18. The van der Waals surface area contributed by atoms with Gasteiger partial charge in [0.2, 0.25) is 5.91 Å². The summed E-state index contributed by atoms with van der Waals surface area (Å²) in [6.07, 6.45) is 1.91. The highest BCUT2D eigenvalue weighted by atomic mass is 32.1. The number of aromatic nitrogens is 1. The van der Waals surface area contributed by atoms with Crippen LogP contribution < -0.4 is 10.1 Å². The molecule has 7 nitrogen and oxygen atoms in total. The third-order valence-corrected chi connectivity index (χ3v) is 9.86. The molecule has 4 fully saturated rings. The fraction of sp³-hybridized carbons (Fsp3) is 0.704. The summed E-state index contributed by atoms with van der Waals surface area (Å²) in [7, 11) is 0. The smallest absolute Gasteiger partial charge is 0.234 e. The molecule has 1 aliphatic heterocycles. The number of β-amino-alcohol motifs (C(OH)–C–C–N with tert-alkyl or cyclic N) is 1. The molecule has 1 saturated heterocycles. The number of carbonyl (C=O) groups is 1. The van der Waals surface area contributed by atoms with E-state index in [9.17, 15) is 9.90 Å². The second kappa shape index (κ2) is 9.96. The number of carbonyl (C=O) groups excluding carboxylic acids is 1. The topological polar surface area (TPSA) is 77.9 Å². The van der Waals surface area contributed by atoms with Gasteiger partial charge in [0, 0.05) is 44.8 Å². The van der Waals surface area contributed by atoms with Gasteiger partial charge in [0.05, 0.1) is 21.8 Å². The van der Waals surface area contributed by atoms with E-state index >= 15 is 0 Å². The Balaban J connectivity index is 1.00. The van der Waals surface area contributed by atoms with Crippen molar-refractivity contribution in [3.05, 3.63) is 23.2 Å². The van der Waals surface area contributed by atoms with Crippen LogP contribution >= 0.6 is 11.3 Å². The van der Waals surface area contributed by atoms with E-state index in [2.05, 4.69) is 40.9 Å². The Morgan fingerprint density at radius 3 is 2.71 bits per heavy atom. The zero-order valence-electron chi connectivity index (χ0n) is 21.5. The van der Waals surface area contributed by atoms with Crippen LogP contribution in [0.25, 0.3) is 10.2 Å². The van der Waals surface area contributed by atoms with Crippen molar-refractivity contribution < 1.29 is 14.6 Å². The lowest BCUT2D eigenvalue weighted by molar-refractivity contribution is -0.135. The molecule has 2 unspecified atom stereocenters. The van der Waals surface area contributed by atoms with Crippen LogP contribution in [0.15, 0.2) is 18.2 Å². The van der Waals surface area contributed by atoms with Crippen molar-refractivity contribution in [2.45, 2.75) is 52.7 Å². The Morgan fingerprint density at radius 1 is 1.26 bits per heavy atom. The fourth-order valence-corrected chi connectivity index (χ4v) is 7.39. The molecule has 6 rings (SSSR count). The van der Waals surface area contributed by atoms with E-state index in [1.165, 1.54) is 6.42 Å². The number of aryl methyl sites for hydroxylation is 1. The zero-order chi connectivity index (χ0) is 24.7. The standard InChI is InChI=1S/C27H40N4O3S/c1-17-22-11-19(27(22,3)4)12-23(17)29-26(33)15-31-9-7-30(8-10-31)14-20(32)16-34-21-5-6-25-24(13-21)28-18(2)35-25/h5-6,13,17,19-20,22-23,32H,7-12,14-16H2,1-4H3,(H,29,33)/t17?,19-,20+,22?,23+/m0/s1. The van der Waals surface area contributed by atoms with E-state index in [-0.39, 0.29) is 12.5 Å². The van der Waals surface area contributed by atoms with Crippen molar-refractivity contribution in [1.29, 1.82) is 0 Å². The number of piperazine rings is 1. The maximum atomic E-state index is 12.7. The molecule has 1 aromatic carbocycles. The van der Waals surface area contributed by atoms with Crippen LogP contribution in [-0.4, -0.2) is 83.8 Å². The minimum atomic E-state index is -0.554. The Labute approximate surface area is 212 Å². The summed E-state index contributed by atoms with van der Waals surface area (Å²) < 4.78 is 6.98. The van der Waals surface area contributed by atoms with Gasteiger partial charge in [0.1, 0.15) is 18.5 Å². The number of thiazole rings is 1. The molecule has 0 radical (unpaired) electrons. The predicted molar refractivity (Wildman–Crippen MR) is 140 cm³/mol. The van der Waals surface area contributed by atoms with Gasteiger partial charge in [-0.1, -0.05) is 20.8 Å². The van der Waals surface area contributed by atoms with Crippen molar-refractivity contribution in [1.82, 2.24) is 20.1 Å². The van der Waals surface area contributed by atoms with Crippen LogP contribution in [0.2, 0.25) is 0 Å². The third kappa shape index (κ3) is 5.36. The molecule has 2 aromatic rings. The molecule has 0 spiro atoms. The second-order valence-corrected chi connectivity index (χ2v) is 12.8. The maximum Gasteiger partial charge on any atom is 0.234 e. The van der Waals surface area contributed by atoms with Gasteiger partial charge in [-0.2, -0.15) is 0 Å². The molecule has 8 heteroatoms. The molecular formula is C27H40N4O3S. The van der Waals surface area contributed by atoms with Crippen molar-refractivity contribution >= 4 is 27.5 Å². The first kappa shape index (κ1) is 24.9. The second-order valence-electron chi connectivity index (χ2n) is 11.5. The lowest BCUT2D eigenvalue weighted by Gasteiger charge is -2.62. The van der Waals surface area contributed by atoms with Crippen LogP contribution in [0.1, 0.15) is 38.6 Å². The molecule has 1 amide bonds. The highest BCUT2D eigenvalue weighted by Gasteiger charge is 2.56. The van der Waals surface area contributed by atoms with Crippen LogP contribution in [0, 0.1) is 30.1 Å². The van der Waals surface area contributed by atoms with Gasteiger partial charge >= 0.3 is 0 Å². The average Bonchev–Trinajstić information content (AvgIpc) is 3.19. The number of hydrogen-bond acceptors (Lipinski definition) is 7. The lowest BCUT2D eigenvalue weighted by atomic mass is 9.45. The molecular weight excluding hydrogens is 460 g/mol. The molecule has 192 valence electrons. The van der Waals surface area contributed by atoms with Crippen molar-refractivity contribution in [2.24, 2.45) is 23.2 Å². The van der Waals surface area contributed by atoms with Gasteiger partial charge in [-0.3, -0.25) is 14.6 Å². The minimum absolute atomic E-state index is 0.162. The maximum absolute atomic E-state index is 12.7. The van der Waals surface area contributed by atoms with E-state index in [1.54, 1.807) is 11.3 Å². The Morgan fingerprint density at radius 2 is 2.00 bits per heavy atom. The molecule has 2 N–H and O–H groups in total. The number of nitrogens with one attached hydrogen (secondary N) is 1. The Kier molecular flexibility index (Phi) is 7.09. The van der Waals surface area contributed by atoms with Crippen molar-refractivity contribution in [2.75, 3.05) is 45.9 Å². The molecule has 35 heavy (non-hydrogen) atoms. The van der Waals surface area contributed by atoms with Gasteiger partial charge in [0.15, 0.2) is 0 Å². The molecule has 1 aromatic heterocycles. The van der Waals surface area contributed by atoms with Gasteiger partial charge < -0.3 is 15.2 Å². The summed E-state index contributed by atoms with van der Waals surface area (Å²) in [4.78, 5) is 21.7. The van der Waals surface area contributed by atoms with Crippen molar-refractivity contribution in [3.63, 3.8) is 0 Å². The normalized spacial score (nSPS) is 29.5. The van der Waals surface area contributed by atoms with Crippen LogP contribution in [0.4, 0.5) is 0 Å². The van der Waals surface area contributed by atoms with E-state index in [0.717, 1.165) is 65.4 Å². The summed E-state index contributed by atoms with van der Waals surface area (Å²) in [6, 6.07) is 6.23. The SMILES string of the molecule is Cc1nc2cc(OC[C@H](O)CN3CCN(CC(=O)N[C@@H]4C[C@@H]5CC(C4C)C5(C)C)CC3)ccc2s1. The molecule has 3 aliphatic carbocycles. The number of benzene rings is 1. The molecule has 5 atom stereocenters. The molecule has 3 saturated carbocycles. The predicted octanol–water partition coefficient (Wildman–Crippen LogP) is 3.15. The highest BCUT2D eigenvalue weighted by Crippen LogP contribution is 2.61. The van der Waals surface area contributed by atoms with Crippen LogP contribution in [-0.2, 0) is 4.79 Å².